The van der Waals surface area contributed by atoms with Crippen molar-refractivity contribution < 1.29 is 0 Å². The largest absolute Gasteiger partial charge is 0.247 e. The second-order valence-corrected chi connectivity index (χ2v) is 7.95. The molecular weight excluding hydrogens is 338 g/mol. The zero-order chi connectivity index (χ0) is 18.2. The van der Waals surface area contributed by atoms with E-state index < -0.39 is 0 Å². The molecule has 5 aromatic carbocycles. The second kappa shape index (κ2) is 5.08. The van der Waals surface area contributed by atoms with Crippen LogP contribution < -0.4 is 0 Å². The Bertz CT molecular complexity index is 1540. The molecule has 0 unspecified atom stereocenters. The Labute approximate surface area is 162 Å². The number of aromatic nitrogens is 1. The van der Waals surface area contributed by atoms with Crippen LogP contribution in [0.15, 0.2) is 78.9 Å². The molecule has 0 N–H and O–H groups in total. The summed E-state index contributed by atoms with van der Waals surface area (Å²) in [4.78, 5) is 5.09. The smallest absolute Gasteiger partial charge is 0.0745 e. The van der Waals surface area contributed by atoms with Gasteiger partial charge in [0.05, 0.1) is 11.2 Å². The lowest BCUT2D eigenvalue weighted by Crippen LogP contribution is -2.07. The first kappa shape index (κ1) is 14.6. The van der Waals surface area contributed by atoms with Crippen LogP contribution in [0, 0.1) is 0 Å². The highest BCUT2D eigenvalue weighted by Gasteiger charge is 2.22. The van der Waals surface area contributed by atoms with Gasteiger partial charge in [-0.25, -0.2) is 4.98 Å². The number of fused-ring (bicyclic) bond motifs is 5. The highest BCUT2D eigenvalue weighted by molar-refractivity contribution is 6.24. The van der Waals surface area contributed by atoms with Gasteiger partial charge in [0.25, 0.3) is 0 Å². The molecule has 0 bridgehead atoms. The van der Waals surface area contributed by atoms with E-state index in [1.54, 1.807) is 0 Å². The van der Waals surface area contributed by atoms with Crippen molar-refractivity contribution in [3.05, 3.63) is 90.0 Å². The Hall–Kier alpha value is -3.45. The van der Waals surface area contributed by atoms with Crippen molar-refractivity contribution >= 4 is 43.2 Å². The van der Waals surface area contributed by atoms with Gasteiger partial charge in [-0.3, -0.25) is 0 Å². The number of hydrogen-bond donors (Lipinski definition) is 0. The number of pyridine rings is 1. The summed E-state index contributed by atoms with van der Waals surface area (Å²) in [5, 5.41) is 9.43. The summed E-state index contributed by atoms with van der Waals surface area (Å²) in [6, 6.07) is 28.9. The lowest BCUT2D eigenvalue weighted by molar-refractivity contribution is 0.942. The molecule has 1 heteroatoms. The lowest BCUT2D eigenvalue weighted by Gasteiger charge is -2.23. The molecule has 0 atom stereocenters. The van der Waals surface area contributed by atoms with Crippen molar-refractivity contribution in [1.29, 1.82) is 0 Å². The van der Waals surface area contributed by atoms with Crippen LogP contribution >= 0.6 is 0 Å². The molecule has 130 valence electrons. The van der Waals surface area contributed by atoms with E-state index in [9.17, 15) is 0 Å². The lowest BCUT2D eigenvalue weighted by atomic mass is 9.82. The van der Waals surface area contributed by atoms with E-state index in [0.717, 1.165) is 18.4 Å². The van der Waals surface area contributed by atoms with Crippen LogP contribution in [0.3, 0.4) is 0 Å². The van der Waals surface area contributed by atoms with E-state index in [4.69, 9.17) is 4.98 Å². The molecular formula is C27H17N. The molecule has 0 spiro atoms. The third-order valence-electron chi connectivity index (χ3n) is 6.46. The van der Waals surface area contributed by atoms with E-state index in [1.807, 2.05) is 0 Å². The fourth-order valence-corrected chi connectivity index (χ4v) is 5.19. The third-order valence-corrected chi connectivity index (χ3v) is 6.46. The Kier molecular flexibility index (Phi) is 2.65. The van der Waals surface area contributed by atoms with Gasteiger partial charge in [0, 0.05) is 10.9 Å². The Morgan fingerprint density at radius 2 is 1.39 bits per heavy atom. The second-order valence-electron chi connectivity index (χ2n) is 7.95. The number of rotatable bonds is 0. The summed E-state index contributed by atoms with van der Waals surface area (Å²) < 4.78 is 0. The summed E-state index contributed by atoms with van der Waals surface area (Å²) in [6.07, 6.45) is 2.14. The summed E-state index contributed by atoms with van der Waals surface area (Å²) in [7, 11) is 0. The third kappa shape index (κ3) is 1.79. The monoisotopic (exact) mass is 355 g/mol. The zero-order valence-corrected chi connectivity index (χ0v) is 15.4. The van der Waals surface area contributed by atoms with Crippen molar-refractivity contribution in [2.24, 2.45) is 0 Å². The van der Waals surface area contributed by atoms with Gasteiger partial charge in [-0.15, -0.1) is 0 Å². The van der Waals surface area contributed by atoms with Crippen LogP contribution in [0.25, 0.3) is 54.5 Å². The van der Waals surface area contributed by atoms with Gasteiger partial charge in [0.15, 0.2) is 0 Å². The maximum absolute atomic E-state index is 5.09. The number of hydrogen-bond acceptors (Lipinski definition) is 1. The fourth-order valence-electron chi connectivity index (χ4n) is 5.19. The van der Waals surface area contributed by atoms with Gasteiger partial charge in [-0.05, 0) is 74.5 Å². The van der Waals surface area contributed by atoms with Crippen LogP contribution in [-0.4, -0.2) is 4.98 Å². The first-order chi connectivity index (χ1) is 13.9. The Balaban J connectivity index is 1.65. The minimum Gasteiger partial charge on any atom is -0.247 e. The minimum absolute atomic E-state index is 1.06. The number of para-hydroxylation sites is 1. The Morgan fingerprint density at radius 3 is 2.32 bits per heavy atom. The highest BCUT2D eigenvalue weighted by atomic mass is 14.7. The standard InChI is InChI=1S/C27H17N/c1-2-7-24-18(4-1)14-20-11-12-21-22-13-10-17-6-3-5-16-8-9-19(26(22)25(16)17)15-23(21)27(20)28-24/h1-10,13-15H,11-12H2. The summed E-state index contributed by atoms with van der Waals surface area (Å²) in [5.74, 6) is 0. The molecule has 0 fully saturated rings. The van der Waals surface area contributed by atoms with E-state index >= 15 is 0 Å². The molecule has 7 rings (SSSR count). The van der Waals surface area contributed by atoms with Gasteiger partial charge in [-0.1, -0.05) is 60.7 Å². The Morgan fingerprint density at radius 1 is 0.607 bits per heavy atom. The molecule has 0 saturated heterocycles. The average molecular weight is 355 g/mol. The molecule has 6 aromatic rings. The van der Waals surface area contributed by atoms with Gasteiger partial charge < -0.3 is 0 Å². The van der Waals surface area contributed by atoms with Crippen molar-refractivity contribution in [1.82, 2.24) is 4.98 Å². The maximum Gasteiger partial charge on any atom is 0.0745 e. The van der Waals surface area contributed by atoms with Gasteiger partial charge in [0.2, 0.25) is 0 Å². The van der Waals surface area contributed by atoms with E-state index in [1.165, 1.54) is 60.1 Å². The molecule has 1 aliphatic carbocycles. The highest BCUT2D eigenvalue weighted by Crippen LogP contribution is 2.43. The molecule has 0 aliphatic heterocycles. The van der Waals surface area contributed by atoms with Gasteiger partial charge in [0.1, 0.15) is 0 Å². The molecule has 0 amide bonds. The van der Waals surface area contributed by atoms with E-state index in [0.29, 0.717) is 0 Å². The van der Waals surface area contributed by atoms with Crippen LogP contribution in [0.5, 0.6) is 0 Å². The topological polar surface area (TPSA) is 12.9 Å². The molecule has 1 aromatic heterocycles. The normalized spacial score (nSPS) is 13.4. The summed E-state index contributed by atoms with van der Waals surface area (Å²) >= 11 is 0. The molecule has 0 radical (unpaired) electrons. The SMILES string of the molecule is c1ccc2nc3c(cc2c1)CCc1c-3cc2ccc3cccc4ccc1c2c34. The van der Waals surface area contributed by atoms with Gasteiger partial charge in [-0.2, -0.15) is 0 Å². The van der Waals surface area contributed by atoms with Crippen LogP contribution in [0.1, 0.15) is 11.1 Å². The fraction of sp³-hybridized carbons (Fsp3) is 0.0741. The van der Waals surface area contributed by atoms with E-state index in [-0.39, 0.29) is 0 Å². The maximum atomic E-state index is 5.09. The van der Waals surface area contributed by atoms with Crippen LogP contribution in [0.4, 0.5) is 0 Å². The predicted octanol–water partition coefficient (Wildman–Crippen LogP) is 6.90. The molecule has 1 heterocycles. The van der Waals surface area contributed by atoms with Crippen molar-refractivity contribution in [3.63, 3.8) is 0 Å². The quantitative estimate of drug-likeness (QED) is 0.270. The van der Waals surface area contributed by atoms with Crippen molar-refractivity contribution in [2.75, 3.05) is 0 Å². The molecule has 0 saturated carbocycles. The van der Waals surface area contributed by atoms with Gasteiger partial charge >= 0.3 is 0 Å². The molecule has 28 heavy (non-hydrogen) atoms. The average Bonchev–Trinajstić information content (AvgIpc) is 2.75. The summed E-state index contributed by atoms with van der Waals surface area (Å²) in [5.41, 5.74) is 6.41. The molecule has 1 nitrogen and oxygen atoms in total. The zero-order valence-electron chi connectivity index (χ0n) is 15.4. The minimum atomic E-state index is 1.06. The number of benzene rings is 5. The van der Waals surface area contributed by atoms with Crippen LogP contribution in [-0.2, 0) is 12.8 Å². The van der Waals surface area contributed by atoms with Crippen molar-refractivity contribution in [2.45, 2.75) is 12.8 Å². The molecule has 1 aliphatic rings. The predicted molar refractivity (Wildman–Crippen MR) is 118 cm³/mol. The van der Waals surface area contributed by atoms with Crippen molar-refractivity contribution in [3.8, 4) is 11.3 Å². The first-order valence-corrected chi connectivity index (χ1v) is 9.95. The summed E-state index contributed by atoms with van der Waals surface area (Å²) in [6.45, 7) is 0. The number of nitrogens with zero attached hydrogens (tertiary/aromatic N) is 1. The van der Waals surface area contributed by atoms with E-state index in [2.05, 4.69) is 78.9 Å². The number of aryl methyl sites for hydroxylation is 2. The van der Waals surface area contributed by atoms with Crippen LogP contribution in [0.2, 0.25) is 0 Å². The first-order valence-electron chi connectivity index (χ1n) is 9.95.